The van der Waals surface area contributed by atoms with Gasteiger partial charge in [-0.2, -0.15) is 4.98 Å². The molecule has 0 atom stereocenters. The monoisotopic (exact) mass is 287 g/mol. The van der Waals surface area contributed by atoms with E-state index in [9.17, 15) is 4.79 Å². The van der Waals surface area contributed by atoms with E-state index in [0.717, 1.165) is 22.5 Å². The van der Waals surface area contributed by atoms with Gasteiger partial charge in [-0.15, -0.1) is 0 Å². The maximum Gasteiger partial charge on any atom is 0.272 e. The highest BCUT2D eigenvalue weighted by atomic mass is 16.1. The van der Waals surface area contributed by atoms with E-state index < -0.39 is 0 Å². The minimum Gasteiger partial charge on any atom is -0.303 e. The molecule has 0 saturated carbocycles. The summed E-state index contributed by atoms with van der Waals surface area (Å²) in [5.74, 6) is 0.658. The Bertz CT molecular complexity index is 926. The van der Waals surface area contributed by atoms with E-state index in [2.05, 4.69) is 4.98 Å². The lowest BCUT2D eigenvalue weighted by Gasteiger charge is -2.12. The molecule has 3 aromatic rings. The van der Waals surface area contributed by atoms with E-state index in [0.29, 0.717) is 12.4 Å². The number of benzene rings is 2. The van der Waals surface area contributed by atoms with Gasteiger partial charge in [-0.25, -0.2) is 0 Å². The van der Waals surface area contributed by atoms with E-state index in [4.69, 9.17) is 4.99 Å². The highest BCUT2D eigenvalue weighted by Gasteiger charge is 2.18. The Kier molecular flexibility index (Phi) is 2.93. The summed E-state index contributed by atoms with van der Waals surface area (Å²) in [7, 11) is 0. The summed E-state index contributed by atoms with van der Waals surface area (Å²) in [6.07, 6.45) is 1.77. The van der Waals surface area contributed by atoms with E-state index >= 15 is 0 Å². The van der Waals surface area contributed by atoms with Gasteiger partial charge in [0, 0.05) is 23.4 Å². The predicted molar refractivity (Wildman–Crippen MR) is 85.6 cm³/mol. The maximum absolute atomic E-state index is 11.5. The van der Waals surface area contributed by atoms with Gasteiger partial charge in [0.05, 0.1) is 17.9 Å². The normalized spacial score (nSPS) is 12.8. The van der Waals surface area contributed by atoms with Crippen LogP contribution in [-0.2, 0) is 6.54 Å². The van der Waals surface area contributed by atoms with Crippen molar-refractivity contribution in [1.82, 2.24) is 9.55 Å². The largest absolute Gasteiger partial charge is 0.303 e. The average Bonchev–Trinajstić information content (AvgIpc) is 2.72. The molecule has 4 nitrogen and oxygen atoms in total. The second kappa shape index (κ2) is 5.07. The molecule has 22 heavy (non-hydrogen) atoms. The lowest BCUT2D eigenvalue weighted by atomic mass is 10.0. The van der Waals surface area contributed by atoms with Crippen LogP contribution in [0.15, 0.2) is 76.6 Å². The molecule has 1 aliphatic heterocycles. The molecule has 1 aliphatic rings. The Morgan fingerprint density at radius 1 is 0.909 bits per heavy atom. The lowest BCUT2D eigenvalue weighted by Crippen LogP contribution is -2.14. The van der Waals surface area contributed by atoms with Crippen molar-refractivity contribution in [3.05, 3.63) is 94.2 Å². The Balaban J connectivity index is 2.00. The van der Waals surface area contributed by atoms with Crippen LogP contribution in [0, 0.1) is 0 Å². The van der Waals surface area contributed by atoms with Crippen LogP contribution in [0.2, 0.25) is 0 Å². The summed E-state index contributed by atoms with van der Waals surface area (Å²) in [4.78, 5) is 20.4. The lowest BCUT2D eigenvalue weighted by molar-refractivity contribution is 0.819. The first-order chi connectivity index (χ1) is 10.8. The Morgan fingerprint density at radius 3 is 2.55 bits per heavy atom. The third kappa shape index (κ3) is 2.05. The van der Waals surface area contributed by atoms with Crippen molar-refractivity contribution in [2.75, 3.05) is 0 Å². The SMILES string of the molecule is O=c1ccn2c(n1)CN=C(c1ccccc1)c1ccccc1-2. The number of para-hydroxylation sites is 1. The standard InChI is InChI=1S/C18H13N3O/c22-17-10-11-21-15-9-5-4-8-14(15)18(19-12-16(21)20-17)13-6-2-1-3-7-13/h1-11H,12H2. The molecule has 0 radical (unpaired) electrons. The fourth-order valence-corrected chi connectivity index (χ4v) is 2.74. The predicted octanol–water partition coefficient (Wildman–Crippen LogP) is 2.58. The average molecular weight is 287 g/mol. The van der Waals surface area contributed by atoms with Crippen molar-refractivity contribution in [3.63, 3.8) is 0 Å². The molecule has 0 amide bonds. The van der Waals surface area contributed by atoms with Crippen LogP contribution in [0.3, 0.4) is 0 Å². The zero-order valence-electron chi connectivity index (χ0n) is 11.8. The van der Waals surface area contributed by atoms with Gasteiger partial charge in [-0.05, 0) is 6.07 Å². The summed E-state index contributed by atoms with van der Waals surface area (Å²) >= 11 is 0. The van der Waals surface area contributed by atoms with E-state index in [-0.39, 0.29) is 5.56 Å². The van der Waals surface area contributed by atoms with Crippen LogP contribution in [0.1, 0.15) is 17.0 Å². The van der Waals surface area contributed by atoms with Crippen molar-refractivity contribution in [1.29, 1.82) is 0 Å². The molecule has 0 unspecified atom stereocenters. The summed E-state index contributed by atoms with van der Waals surface area (Å²) < 4.78 is 1.94. The fraction of sp³-hybridized carbons (Fsp3) is 0.0556. The van der Waals surface area contributed by atoms with Gasteiger partial charge >= 0.3 is 0 Å². The molecule has 0 saturated heterocycles. The number of hydrogen-bond acceptors (Lipinski definition) is 3. The summed E-state index contributed by atoms with van der Waals surface area (Å²) in [5.41, 5.74) is 3.78. The zero-order chi connectivity index (χ0) is 14.9. The second-order valence-corrected chi connectivity index (χ2v) is 5.10. The Morgan fingerprint density at radius 2 is 1.68 bits per heavy atom. The highest BCUT2D eigenvalue weighted by molar-refractivity contribution is 6.15. The van der Waals surface area contributed by atoms with Crippen LogP contribution < -0.4 is 5.56 Å². The van der Waals surface area contributed by atoms with Gasteiger partial charge in [-0.3, -0.25) is 9.79 Å². The molecule has 0 aliphatic carbocycles. The highest BCUT2D eigenvalue weighted by Crippen LogP contribution is 2.23. The number of aliphatic imine (C=N–C) groups is 1. The molecule has 106 valence electrons. The zero-order valence-corrected chi connectivity index (χ0v) is 11.8. The van der Waals surface area contributed by atoms with Crippen molar-refractivity contribution in [2.45, 2.75) is 6.54 Å². The third-order valence-electron chi connectivity index (χ3n) is 3.73. The molecular formula is C18H13N3O. The Labute approximate surface area is 127 Å². The molecule has 0 N–H and O–H groups in total. The summed E-state index contributed by atoms with van der Waals surface area (Å²) in [5, 5.41) is 0. The van der Waals surface area contributed by atoms with Crippen molar-refractivity contribution < 1.29 is 0 Å². The summed E-state index contributed by atoms with van der Waals surface area (Å²) in [6.45, 7) is 0.384. The van der Waals surface area contributed by atoms with E-state index in [1.165, 1.54) is 6.07 Å². The minimum absolute atomic E-state index is 0.234. The van der Waals surface area contributed by atoms with E-state index in [1.54, 1.807) is 6.20 Å². The minimum atomic E-state index is -0.234. The topological polar surface area (TPSA) is 47.2 Å². The third-order valence-corrected chi connectivity index (χ3v) is 3.73. The number of hydrogen-bond donors (Lipinski definition) is 0. The summed E-state index contributed by atoms with van der Waals surface area (Å²) in [6, 6.07) is 19.6. The van der Waals surface area contributed by atoms with Gasteiger partial charge in [0.25, 0.3) is 5.56 Å². The number of aromatic nitrogens is 2. The fourth-order valence-electron chi connectivity index (χ4n) is 2.74. The van der Waals surface area contributed by atoms with Gasteiger partial charge in [0.2, 0.25) is 0 Å². The second-order valence-electron chi connectivity index (χ2n) is 5.10. The first kappa shape index (κ1) is 12.7. The number of nitrogens with zero attached hydrogens (tertiary/aromatic N) is 3. The molecule has 0 fully saturated rings. The number of rotatable bonds is 1. The van der Waals surface area contributed by atoms with Crippen LogP contribution in [-0.4, -0.2) is 15.3 Å². The first-order valence-corrected chi connectivity index (χ1v) is 7.11. The number of fused-ring (bicyclic) bond motifs is 3. The van der Waals surface area contributed by atoms with Crippen molar-refractivity contribution in [3.8, 4) is 5.69 Å². The van der Waals surface area contributed by atoms with Gasteiger partial charge in [0.1, 0.15) is 5.82 Å². The van der Waals surface area contributed by atoms with Crippen molar-refractivity contribution >= 4 is 5.71 Å². The molecule has 4 rings (SSSR count). The first-order valence-electron chi connectivity index (χ1n) is 7.11. The van der Waals surface area contributed by atoms with Crippen LogP contribution in [0.5, 0.6) is 0 Å². The van der Waals surface area contributed by atoms with Gasteiger partial charge in [0.15, 0.2) is 0 Å². The molecule has 0 spiro atoms. The van der Waals surface area contributed by atoms with Crippen LogP contribution in [0.4, 0.5) is 0 Å². The van der Waals surface area contributed by atoms with Gasteiger partial charge in [-0.1, -0.05) is 48.5 Å². The Hall–Kier alpha value is -3.01. The molecular weight excluding hydrogens is 274 g/mol. The van der Waals surface area contributed by atoms with Gasteiger partial charge < -0.3 is 4.57 Å². The molecule has 2 heterocycles. The molecule has 4 heteroatoms. The molecule has 2 aromatic carbocycles. The molecule has 1 aromatic heterocycles. The van der Waals surface area contributed by atoms with Crippen molar-refractivity contribution in [2.24, 2.45) is 4.99 Å². The van der Waals surface area contributed by atoms with Crippen LogP contribution >= 0.6 is 0 Å². The van der Waals surface area contributed by atoms with E-state index in [1.807, 2.05) is 59.2 Å². The molecule has 0 bridgehead atoms. The quantitative estimate of drug-likeness (QED) is 0.690. The maximum atomic E-state index is 11.5. The van der Waals surface area contributed by atoms with Crippen LogP contribution in [0.25, 0.3) is 5.69 Å². The smallest absolute Gasteiger partial charge is 0.272 e.